The van der Waals surface area contributed by atoms with Crippen molar-refractivity contribution in [2.45, 2.75) is 83.3 Å². The summed E-state index contributed by atoms with van der Waals surface area (Å²) in [5.74, 6) is -1.98. The normalized spacial score (nSPS) is 39.9. The second kappa shape index (κ2) is 5.98. The highest BCUT2D eigenvalue weighted by Crippen LogP contribution is 2.44. The van der Waals surface area contributed by atoms with Gasteiger partial charge >= 0.3 is 0 Å². The lowest BCUT2D eigenvalue weighted by Gasteiger charge is -2.26. The lowest BCUT2D eigenvalue weighted by molar-refractivity contribution is -0.178. The van der Waals surface area contributed by atoms with Crippen LogP contribution >= 0.6 is 23.2 Å². The molecule has 3 saturated heterocycles. The van der Waals surface area contributed by atoms with Crippen LogP contribution in [0.15, 0.2) is 10.3 Å². The van der Waals surface area contributed by atoms with Crippen LogP contribution in [0.3, 0.4) is 0 Å². The van der Waals surface area contributed by atoms with Gasteiger partial charge in [-0.15, -0.1) is 0 Å². The molecule has 3 heterocycles. The van der Waals surface area contributed by atoms with E-state index >= 15 is 0 Å². The van der Waals surface area contributed by atoms with Crippen LogP contribution < -0.4 is 0 Å². The summed E-state index contributed by atoms with van der Waals surface area (Å²) in [7, 11) is 0. The van der Waals surface area contributed by atoms with Crippen molar-refractivity contribution in [1.29, 1.82) is 0 Å². The predicted molar refractivity (Wildman–Crippen MR) is 87.5 cm³/mol. The van der Waals surface area contributed by atoms with Crippen molar-refractivity contribution in [3.05, 3.63) is 10.3 Å². The second-order valence-electron chi connectivity index (χ2n) is 7.60. The summed E-state index contributed by atoms with van der Waals surface area (Å²) in [6.45, 7) is 11.4. The Hall–Kier alpha value is -0.0800. The maximum atomic E-state index is 6.09. The quantitative estimate of drug-likeness (QED) is 0.728. The van der Waals surface area contributed by atoms with Crippen molar-refractivity contribution in [2.75, 3.05) is 6.61 Å². The Labute approximate surface area is 152 Å². The Kier molecular flexibility index (Phi) is 4.66. The summed E-state index contributed by atoms with van der Waals surface area (Å²) in [4.78, 5) is 0. The van der Waals surface area contributed by atoms with Crippen molar-refractivity contribution in [2.24, 2.45) is 0 Å². The molecule has 24 heavy (non-hydrogen) atoms. The molecule has 3 aliphatic rings. The van der Waals surface area contributed by atoms with E-state index in [1.165, 1.54) is 0 Å². The van der Waals surface area contributed by atoms with Crippen LogP contribution in [0.2, 0.25) is 0 Å². The third-order valence-corrected chi connectivity index (χ3v) is 4.44. The van der Waals surface area contributed by atoms with Crippen LogP contribution in [-0.2, 0) is 28.4 Å². The number of hydrogen-bond donors (Lipinski definition) is 0. The van der Waals surface area contributed by atoms with Gasteiger partial charge in [0.05, 0.1) is 6.61 Å². The molecule has 0 spiro atoms. The van der Waals surface area contributed by atoms with Gasteiger partial charge in [-0.2, -0.15) is 0 Å². The topological polar surface area (TPSA) is 55.4 Å². The molecule has 0 aromatic carbocycles. The molecule has 0 amide bonds. The van der Waals surface area contributed by atoms with E-state index in [2.05, 4.69) is 0 Å². The van der Waals surface area contributed by atoms with Gasteiger partial charge in [-0.05, 0) is 27.7 Å². The fraction of sp³-hybridized carbons (Fsp3) is 0.875. The van der Waals surface area contributed by atoms with Gasteiger partial charge in [-0.25, -0.2) is 0 Å². The molecular formula is C16H24Cl2O6. The summed E-state index contributed by atoms with van der Waals surface area (Å²) >= 11 is 12.0. The zero-order valence-electron chi connectivity index (χ0n) is 14.7. The average Bonchev–Trinajstić information content (AvgIpc) is 3.02. The highest BCUT2D eigenvalue weighted by atomic mass is 35.5. The van der Waals surface area contributed by atoms with E-state index in [0.29, 0.717) is 12.4 Å². The molecule has 138 valence electrons. The van der Waals surface area contributed by atoms with Crippen molar-refractivity contribution in [3.63, 3.8) is 0 Å². The first-order valence-corrected chi connectivity index (χ1v) is 8.74. The standard InChI is InChI=1S/C16H24Cl2O6/c1-14(2)19-7-8(20-14)9-10(22-15(3,4)21-9)11-12(13(17)18)24-16(5,6)23-11/h8-11H,7H2,1-6H3/t8-,9-,10+,11-/m1/s1. The summed E-state index contributed by atoms with van der Waals surface area (Å²) in [6, 6.07) is 0. The van der Waals surface area contributed by atoms with Crippen LogP contribution in [-0.4, -0.2) is 48.4 Å². The first-order valence-electron chi connectivity index (χ1n) is 7.99. The minimum atomic E-state index is -0.859. The van der Waals surface area contributed by atoms with Gasteiger partial charge in [-0.3, -0.25) is 0 Å². The molecule has 0 aromatic heterocycles. The fourth-order valence-corrected chi connectivity index (χ4v) is 3.58. The van der Waals surface area contributed by atoms with Gasteiger partial charge in [0.2, 0.25) is 5.79 Å². The molecule has 0 unspecified atom stereocenters. The maximum absolute atomic E-state index is 6.09. The average molecular weight is 383 g/mol. The monoisotopic (exact) mass is 382 g/mol. The molecule has 0 saturated carbocycles. The number of rotatable bonds is 2. The van der Waals surface area contributed by atoms with Crippen molar-refractivity contribution in [3.8, 4) is 0 Å². The van der Waals surface area contributed by atoms with E-state index < -0.39 is 35.7 Å². The Morgan fingerprint density at radius 1 is 0.833 bits per heavy atom. The minimum Gasteiger partial charge on any atom is -0.462 e. The third kappa shape index (κ3) is 3.70. The summed E-state index contributed by atoms with van der Waals surface area (Å²) in [5, 5.41) is 0. The SMILES string of the molecule is CC1(C)O[C@H]([C@H]2COC(C)(C)O2)[C@@H]([C@H]2OC(C)(C)OC2=C(Cl)Cl)O1. The van der Waals surface area contributed by atoms with Crippen LogP contribution in [0.1, 0.15) is 41.5 Å². The Morgan fingerprint density at radius 3 is 2.00 bits per heavy atom. The van der Waals surface area contributed by atoms with E-state index in [-0.39, 0.29) is 10.6 Å². The lowest BCUT2D eigenvalue weighted by Crippen LogP contribution is -2.45. The first-order chi connectivity index (χ1) is 10.9. The molecule has 6 nitrogen and oxygen atoms in total. The Bertz CT molecular complexity index is 541. The van der Waals surface area contributed by atoms with Gasteiger partial charge in [0, 0.05) is 13.8 Å². The Morgan fingerprint density at radius 2 is 1.46 bits per heavy atom. The van der Waals surface area contributed by atoms with Gasteiger partial charge in [0.1, 0.15) is 22.8 Å². The van der Waals surface area contributed by atoms with Crippen molar-refractivity contribution >= 4 is 23.2 Å². The number of halogens is 2. The molecule has 3 rings (SSSR count). The first kappa shape index (κ1) is 18.7. The molecule has 0 N–H and O–H groups in total. The Balaban J connectivity index is 1.88. The van der Waals surface area contributed by atoms with Gasteiger partial charge < -0.3 is 28.4 Å². The van der Waals surface area contributed by atoms with Crippen LogP contribution in [0.5, 0.6) is 0 Å². The molecule has 4 atom stereocenters. The zero-order valence-corrected chi connectivity index (χ0v) is 16.2. The molecule has 0 bridgehead atoms. The largest absolute Gasteiger partial charge is 0.462 e. The number of ether oxygens (including phenoxy) is 6. The highest BCUT2D eigenvalue weighted by Gasteiger charge is 2.57. The van der Waals surface area contributed by atoms with Gasteiger partial charge in [0.15, 0.2) is 23.4 Å². The summed E-state index contributed by atoms with van der Waals surface area (Å²) in [5.41, 5.74) is 0. The van der Waals surface area contributed by atoms with Gasteiger partial charge in [-0.1, -0.05) is 23.2 Å². The molecule has 8 heteroatoms. The van der Waals surface area contributed by atoms with Crippen LogP contribution in [0.4, 0.5) is 0 Å². The summed E-state index contributed by atoms with van der Waals surface area (Å²) in [6.07, 6.45) is -1.79. The molecule has 3 fully saturated rings. The van der Waals surface area contributed by atoms with E-state index in [1.807, 2.05) is 27.7 Å². The third-order valence-electron chi connectivity index (χ3n) is 4.07. The lowest BCUT2D eigenvalue weighted by atomic mass is 10.0. The molecule has 0 radical (unpaired) electrons. The van der Waals surface area contributed by atoms with Crippen molar-refractivity contribution < 1.29 is 28.4 Å². The maximum Gasteiger partial charge on any atom is 0.205 e. The zero-order chi connectivity index (χ0) is 17.9. The minimum absolute atomic E-state index is 0.0153. The highest BCUT2D eigenvalue weighted by molar-refractivity contribution is 6.56. The van der Waals surface area contributed by atoms with E-state index in [1.54, 1.807) is 13.8 Å². The van der Waals surface area contributed by atoms with E-state index in [0.717, 1.165) is 0 Å². The van der Waals surface area contributed by atoms with Crippen molar-refractivity contribution in [1.82, 2.24) is 0 Å². The van der Waals surface area contributed by atoms with Crippen LogP contribution in [0.25, 0.3) is 0 Å². The fourth-order valence-electron chi connectivity index (χ4n) is 3.28. The van der Waals surface area contributed by atoms with Gasteiger partial charge in [0.25, 0.3) is 0 Å². The second-order valence-corrected chi connectivity index (χ2v) is 8.55. The molecular weight excluding hydrogens is 359 g/mol. The predicted octanol–water partition coefficient (Wildman–Crippen LogP) is 3.46. The molecule has 0 aliphatic carbocycles. The van der Waals surface area contributed by atoms with Crippen LogP contribution in [0, 0.1) is 0 Å². The molecule has 0 aromatic rings. The van der Waals surface area contributed by atoms with E-state index in [9.17, 15) is 0 Å². The smallest absolute Gasteiger partial charge is 0.205 e. The molecule has 3 aliphatic heterocycles. The van der Waals surface area contributed by atoms with E-state index in [4.69, 9.17) is 51.6 Å². The summed E-state index contributed by atoms with van der Waals surface area (Å²) < 4.78 is 35.5. The number of hydrogen-bond acceptors (Lipinski definition) is 6.